The number of hydrogen-bond acceptors (Lipinski definition) is 12. The molecule has 5 aromatic rings. The lowest BCUT2D eigenvalue weighted by molar-refractivity contribution is -0.311. The fourth-order valence-electron chi connectivity index (χ4n) is 7.36. The van der Waals surface area contributed by atoms with E-state index in [1.54, 1.807) is 0 Å². The number of carboxylic acids is 1. The fraction of sp³-hybridized carbons (Fsp3) is 0.326. The molecular weight excluding hydrogens is 748 g/mol. The Morgan fingerprint density at radius 1 is 1.05 bits per heavy atom. The van der Waals surface area contributed by atoms with Crippen LogP contribution in [-0.2, 0) is 16.0 Å². The summed E-state index contributed by atoms with van der Waals surface area (Å²) in [5, 5.41) is 60.4. The number of rotatable bonds is 18. The molecule has 3 heterocycles. The minimum atomic E-state index is -2.41. The topological polar surface area (TPSA) is 250 Å². The summed E-state index contributed by atoms with van der Waals surface area (Å²) < 4.78 is 17.5. The van der Waals surface area contributed by atoms with Crippen LogP contribution in [0, 0.1) is 11.8 Å². The number of aliphatic hydroxyl groups is 3. The van der Waals surface area contributed by atoms with Crippen molar-refractivity contribution >= 4 is 28.9 Å². The van der Waals surface area contributed by atoms with Gasteiger partial charge in [-0.15, -0.1) is 0 Å². The summed E-state index contributed by atoms with van der Waals surface area (Å²) in [6.07, 6.45) is 2.33. The Kier molecular flexibility index (Phi) is 13.4. The molecule has 10 N–H and O–H groups in total. The van der Waals surface area contributed by atoms with Gasteiger partial charge in [-0.05, 0) is 98.3 Å². The molecule has 3 aromatic carbocycles. The molecule has 1 aliphatic rings. The number of aromatic amines is 1. The van der Waals surface area contributed by atoms with Gasteiger partial charge in [0.15, 0.2) is 11.7 Å². The number of carbonyl (C=O) groups excluding carboxylic acids is 1. The van der Waals surface area contributed by atoms with E-state index in [4.69, 9.17) is 19.6 Å². The average molecular weight is 797 g/mol. The third-order valence-electron chi connectivity index (χ3n) is 10.5. The predicted molar refractivity (Wildman–Crippen MR) is 215 cm³/mol. The van der Waals surface area contributed by atoms with E-state index in [2.05, 4.69) is 27.8 Å². The van der Waals surface area contributed by atoms with E-state index in [9.17, 15) is 39.9 Å². The molecule has 2 aromatic heterocycles. The van der Waals surface area contributed by atoms with Gasteiger partial charge in [0.25, 0.3) is 5.91 Å². The summed E-state index contributed by atoms with van der Waals surface area (Å²) >= 11 is 0. The summed E-state index contributed by atoms with van der Waals surface area (Å²) in [4.78, 5) is 41.4. The lowest BCUT2D eigenvalue weighted by Crippen LogP contribution is -2.71. The van der Waals surface area contributed by atoms with Crippen LogP contribution in [-0.4, -0.2) is 99.3 Å². The molecule has 0 saturated carbocycles. The second kappa shape index (κ2) is 18.6. The Morgan fingerprint density at radius 3 is 2.48 bits per heavy atom. The number of phenolic OH excluding ortho intramolecular Hbond substituents is 1. The maximum Gasteiger partial charge on any atom is 0.335 e. The van der Waals surface area contributed by atoms with Crippen molar-refractivity contribution in [3.63, 3.8) is 0 Å². The van der Waals surface area contributed by atoms with Crippen molar-refractivity contribution in [3.8, 4) is 22.6 Å². The SMILES string of the molecule is CNCCC(CC=Cc1ccccc1)C(CNCC1(O)C(Oc2ccc3c(=O)c(-c4ccc(O)cc4)c(C(N)=O)oc3c2)OC(C(=O)O)C(O)C1O)Cc1cc[nH]c1. The molecule has 1 aliphatic heterocycles. The molecular formula is C43H48N4O11. The lowest BCUT2D eigenvalue weighted by Gasteiger charge is -2.47. The number of nitrogens with two attached hydrogens (primary N) is 1. The van der Waals surface area contributed by atoms with Crippen molar-refractivity contribution in [2.75, 3.05) is 26.7 Å². The largest absolute Gasteiger partial charge is 0.508 e. The van der Waals surface area contributed by atoms with Crippen molar-refractivity contribution in [2.24, 2.45) is 17.6 Å². The molecule has 0 aliphatic carbocycles. The van der Waals surface area contributed by atoms with Crippen LogP contribution in [0.15, 0.2) is 107 Å². The molecule has 1 saturated heterocycles. The minimum absolute atomic E-state index is 0.0141. The van der Waals surface area contributed by atoms with Crippen LogP contribution >= 0.6 is 0 Å². The molecule has 15 nitrogen and oxygen atoms in total. The van der Waals surface area contributed by atoms with Crippen LogP contribution in [0.1, 0.15) is 34.5 Å². The highest BCUT2D eigenvalue weighted by Crippen LogP contribution is 2.34. The Hall–Kier alpha value is -5.81. The number of benzene rings is 3. The van der Waals surface area contributed by atoms with E-state index in [0.29, 0.717) is 13.0 Å². The number of ether oxygens (including phenoxy) is 2. The van der Waals surface area contributed by atoms with Crippen molar-refractivity contribution in [1.82, 2.24) is 15.6 Å². The number of aromatic hydroxyl groups is 1. The van der Waals surface area contributed by atoms with Crippen LogP contribution in [0.25, 0.3) is 28.2 Å². The quantitative estimate of drug-likeness (QED) is 0.0620. The molecule has 7 atom stereocenters. The number of fused-ring (bicyclic) bond motifs is 1. The molecule has 0 bridgehead atoms. The van der Waals surface area contributed by atoms with Gasteiger partial charge < -0.3 is 60.8 Å². The minimum Gasteiger partial charge on any atom is -0.508 e. The number of nitrogens with one attached hydrogen (secondary N) is 3. The molecule has 0 radical (unpaired) electrons. The third-order valence-corrected chi connectivity index (χ3v) is 10.5. The van der Waals surface area contributed by atoms with Crippen LogP contribution in [0.3, 0.4) is 0 Å². The maximum atomic E-state index is 13.7. The Morgan fingerprint density at radius 2 is 1.81 bits per heavy atom. The number of hydrogen-bond donors (Lipinski definition) is 9. The molecule has 7 unspecified atom stereocenters. The number of carboxylic acid groups (broad SMARTS) is 1. The van der Waals surface area contributed by atoms with Crippen molar-refractivity contribution in [3.05, 3.63) is 124 Å². The zero-order chi connectivity index (χ0) is 41.4. The van der Waals surface area contributed by atoms with Gasteiger partial charge in [0, 0.05) is 25.0 Å². The number of phenols is 1. The number of H-pyrrole nitrogens is 1. The molecule has 1 fully saturated rings. The normalized spacial score (nSPS) is 21.9. The number of aliphatic carboxylic acids is 1. The smallest absolute Gasteiger partial charge is 0.335 e. The van der Waals surface area contributed by atoms with Crippen LogP contribution in [0.5, 0.6) is 11.5 Å². The summed E-state index contributed by atoms with van der Waals surface area (Å²) in [7, 11) is 1.89. The van der Waals surface area contributed by atoms with Gasteiger partial charge >= 0.3 is 5.97 Å². The molecule has 58 heavy (non-hydrogen) atoms. The first-order valence-corrected chi connectivity index (χ1v) is 18.9. The van der Waals surface area contributed by atoms with Gasteiger partial charge in [-0.2, -0.15) is 0 Å². The molecule has 0 spiro atoms. The number of carbonyl (C=O) groups is 2. The summed E-state index contributed by atoms with van der Waals surface area (Å²) in [5.74, 6) is -3.08. The highest BCUT2D eigenvalue weighted by molar-refractivity contribution is 5.99. The Labute approximate surface area is 333 Å². The van der Waals surface area contributed by atoms with Gasteiger partial charge in [0.1, 0.15) is 29.3 Å². The van der Waals surface area contributed by atoms with Crippen LogP contribution in [0.4, 0.5) is 0 Å². The van der Waals surface area contributed by atoms with Crippen molar-refractivity contribution in [1.29, 1.82) is 0 Å². The van der Waals surface area contributed by atoms with E-state index in [0.717, 1.165) is 30.5 Å². The second-order valence-corrected chi connectivity index (χ2v) is 14.5. The number of aromatic nitrogens is 1. The first-order valence-electron chi connectivity index (χ1n) is 18.9. The van der Waals surface area contributed by atoms with Crippen LogP contribution in [0.2, 0.25) is 0 Å². The summed E-state index contributed by atoms with van der Waals surface area (Å²) in [6.45, 7) is 0.710. The van der Waals surface area contributed by atoms with Gasteiger partial charge in [-0.25, -0.2) is 4.79 Å². The first-order chi connectivity index (χ1) is 27.9. The van der Waals surface area contributed by atoms with Gasteiger partial charge in [0.05, 0.1) is 10.9 Å². The van der Waals surface area contributed by atoms with E-state index in [-0.39, 0.29) is 45.4 Å². The zero-order valence-corrected chi connectivity index (χ0v) is 31.8. The van der Waals surface area contributed by atoms with Crippen molar-refractivity contribution in [2.45, 2.75) is 49.5 Å². The summed E-state index contributed by atoms with van der Waals surface area (Å²) in [5.41, 5.74) is 4.76. The highest BCUT2D eigenvalue weighted by Gasteiger charge is 2.58. The second-order valence-electron chi connectivity index (χ2n) is 14.5. The molecule has 1 amide bonds. The lowest BCUT2D eigenvalue weighted by atomic mass is 9.82. The van der Waals surface area contributed by atoms with E-state index in [1.807, 2.05) is 55.8 Å². The molecule has 306 valence electrons. The molecule has 15 heteroatoms. The standard InChI is InChI=1S/C43H48N4O11/c1-45-18-17-27(9-5-8-25-6-3-2-4-7-25)29(20-26-16-19-46-22-26)23-47-24-43(55)39(51)36(50)38(41(53)54)58-42(43)56-31-14-15-32-33(21-31)57-37(40(44)52)34(35(32)49)28-10-12-30(48)13-11-28/h2-8,10-16,19,21-22,27,29,36,38-39,42,45-48,50-51,55H,9,17-18,20,23-24H2,1H3,(H2,44,52)(H,53,54). The molecule has 6 rings (SSSR count). The zero-order valence-electron chi connectivity index (χ0n) is 31.8. The number of amides is 1. The predicted octanol–water partition coefficient (Wildman–Crippen LogP) is 3.01. The van der Waals surface area contributed by atoms with Gasteiger partial charge in [0.2, 0.25) is 17.5 Å². The highest BCUT2D eigenvalue weighted by atomic mass is 16.7. The van der Waals surface area contributed by atoms with E-state index >= 15 is 0 Å². The van der Waals surface area contributed by atoms with Crippen molar-refractivity contribution < 1.29 is 49.0 Å². The van der Waals surface area contributed by atoms with E-state index < -0.39 is 59.8 Å². The number of primary amides is 1. The number of allylic oxidation sites excluding steroid dienone is 1. The maximum absolute atomic E-state index is 13.7. The van der Waals surface area contributed by atoms with Gasteiger partial charge in [-0.3, -0.25) is 9.59 Å². The Bertz CT molecular complexity index is 2240. The Balaban J connectivity index is 1.27. The third kappa shape index (κ3) is 9.48. The average Bonchev–Trinajstić information content (AvgIpc) is 3.73. The van der Waals surface area contributed by atoms with Gasteiger partial charge in [-0.1, -0.05) is 54.6 Å². The van der Waals surface area contributed by atoms with E-state index in [1.165, 1.54) is 42.5 Å². The van der Waals surface area contributed by atoms with Crippen LogP contribution < -0.4 is 26.5 Å². The summed E-state index contributed by atoms with van der Waals surface area (Å²) in [6, 6.07) is 21.4. The monoisotopic (exact) mass is 796 g/mol. The fourth-order valence-corrected chi connectivity index (χ4v) is 7.36. The number of aliphatic hydroxyl groups excluding tert-OH is 2. The first kappa shape index (κ1) is 41.8.